The number of piperidine rings is 1. The second-order valence-electron chi connectivity index (χ2n) is 4.61. The highest BCUT2D eigenvalue weighted by molar-refractivity contribution is 7.88. The van der Waals surface area contributed by atoms with E-state index in [0.717, 1.165) is 6.33 Å². The maximum atomic E-state index is 13.3. The van der Waals surface area contributed by atoms with E-state index in [4.69, 9.17) is 0 Å². The van der Waals surface area contributed by atoms with Crippen molar-refractivity contribution in [3.8, 4) is 0 Å². The van der Waals surface area contributed by atoms with E-state index >= 15 is 0 Å². The van der Waals surface area contributed by atoms with Crippen LogP contribution in [0.15, 0.2) is 11.5 Å². The van der Waals surface area contributed by atoms with Gasteiger partial charge in [0.05, 0.1) is 0 Å². The minimum absolute atomic E-state index is 0.0935. The quantitative estimate of drug-likeness (QED) is 0.848. The fraction of sp³-hybridized carbons (Fsp3) is 0.778. The molecule has 2 rings (SSSR count). The Balaban J connectivity index is 2.23. The SMILES string of the molecule is O=S(=O)(c1ncn[nH]1)N1CCCC(C(F)(F)C(F)(F)F)C1. The molecule has 0 aromatic carbocycles. The Labute approximate surface area is 116 Å². The first-order valence-electron chi connectivity index (χ1n) is 5.87. The molecule has 120 valence electrons. The van der Waals surface area contributed by atoms with Crippen LogP contribution in [0.1, 0.15) is 12.8 Å². The maximum absolute atomic E-state index is 13.3. The van der Waals surface area contributed by atoms with Crippen molar-refractivity contribution in [2.45, 2.75) is 30.1 Å². The highest BCUT2D eigenvalue weighted by Gasteiger charge is 2.62. The molecular weight excluding hydrogens is 323 g/mol. The lowest BCUT2D eigenvalue weighted by molar-refractivity contribution is -0.305. The van der Waals surface area contributed by atoms with Gasteiger partial charge >= 0.3 is 12.1 Å². The molecule has 21 heavy (non-hydrogen) atoms. The molecule has 0 amide bonds. The summed E-state index contributed by atoms with van der Waals surface area (Å²) in [6.45, 7) is -1.07. The van der Waals surface area contributed by atoms with Crippen LogP contribution in [0.4, 0.5) is 22.0 Å². The molecule has 1 N–H and O–H groups in total. The molecule has 0 aliphatic carbocycles. The van der Waals surface area contributed by atoms with Crippen molar-refractivity contribution >= 4 is 10.0 Å². The van der Waals surface area contributed by atoms with Gasteiger partial charge in [-0.2, -0.15) is 31.4 Å². The molecule has 0 bridgehead atoms. The highest BCUT2D eigenvalue weighted by Crippen LogP contribution is 2.44. The van der Waals surface area contributed by atoms with Gasteiger partial charge < -0.3 is 0 Å². The average Bonchev–Trinajstić information content (AvgIpc) is 2.92. The highest BCUT2D eigenvalue weighted by atomic mass is 32.2. The summed E-state index contributed by atoms with van der Waals surface area (Å²) in [7, 11) is -4.25. The van der Waals surface area contributed by atoms with Crippen molar-refractivity contribution in [3.05, 3.63) is 6.33 Å². The van der Waals surface area contributed by atoms with Gasteiger partial charge in [0.15, 0.2) is 0 Å². The van der Waals surface area contributed by atoms with E-state index in [9.17, 15) is 30.4 Å². The van der Waals surface area contributed by atoms with Crippen LogP contribution in [0.25, 0.3) is 0 Å². The zero-order valence-corrected chi connectivity index (χ0v) is 11.3. The number of hydrogen-bond acceptors (Lipinski definition) is 4. The predicted molar refractivity (Wildman–Crippen MR) is 58.9 cm³/mol. The Hall–Kier alpha value is -1.30. The van der Waals surface area contributed by atoms with Gasteiger partial charge in [-0.25, -0.2) is 18.5 Å². The third-order valence-electron chi connectivity index (χ3n) is 3.25. The van der Waals surface area contributed by atoms with Crippen molar-refractivity contribution < 1.29 is 30.4 Å². The van der Waals surface area contributed by atoms with Crippen LogP contribution in [-0.4, -0.2) is 53.1 Å². The van der Waals surface area contributed by atoms with Gasteiger partial charge in [0.2, 0.25) is 0 Å². The molecule has 1 saturated heterocycles. The molecule has 1 aliphatic heterocycles. The van der Waals surface area contributed by atoms with Crippen LogP contribution in [0.2, 0.25) is 0 Å². The van der Waals surface area contributed by atoms with Gasteiger partial charge in [-0.05, 0) is 12.8 Å². The van der Waals surface area contributed by atoms with Crippen LogP contribution in [0.3, 0.4) is 0 Å². The number of H-pyrrole nitrogens is 1. The number of halogens is 5. The standard InChI is InChI=1S/C9H11F5N4O2S/c10-8(11,9(12,13)14)6-2-1-3-18(4-6)21(19,20)7-15-5-16-17-7/h5-6H,1-4H2,(H,15,16,17). The molecular formula is C9H11F5N4O2S. The van der Waals surface area contributed by atoms with E-state index in [0.29, 0.717) is 4.31 Å². The van der Waals surface area contributed by atoms with Crippen molar-refractivity contribution in [2.75, 3.05) is 13.1 Å². The maximum Gasteiger partial charge on any atom is 0.453 e. The van der Waals surface area contributed by atoms with Crippen LogP contribution in [-0.2, 0) is 10.0 Å². The molecule has 2 heterocycles. The van der Waals surface area contributed by atoms with Gasteiger partial charge in [0.25, 0.3) is 15.2 Å². The Morgan fingerprint density at radius 1 is 1.29 bits per heavy atom. The lowest BCUT2D eigenvalue weighted by Crippen LogP contribution is -2.51. The topological polar surface area (TPSA) is 79.0 Å². The van der Waals surface area contributed by atoms with Gasteiger partial charge in [0.1, 0.15) is 6.33 Å². The largest absolute Gasteiger partial charge is 0.453 e. The number of nitrogens with one attached hydrogen (secondary N) is 1. The summed E-state index contributed by atoms with van der Waals surface area (Å²) in [4.78, 5) is 3.39. The van der Waals surface area contributed by atoms with E-state index in [2.05, 4.69) is 15.2 Å². The summed E-state index contributed by atoms with van der Waals surface area (Å²) < 4.78 is 88.4. The smallest absolute Gasteiger partial charge is 0.249 e. The molecule has 1 atom stereocenters. The van der Waals surface area contributed by atoms with E-state index in [1.807, 2.05) is 0 Å². The van der Waals surface area contributed by atoms with Crippen molar-refractivity contribution in [2.24, 2.45) is 5.92 Å². The van der Waals surface area contributed by atoms with Crippen molar-refractivity contribution in [3.63, 3.8) is 0 Å². The zero-order chi connectivity index (χ0) is 15.9. The molecule has 1 fully saturated rings. The fourth-order valence-corrected chi connectivity index (χ4v) is 3.47. The normalized spacial score (nSPS) is 22.4. The van der Waals surface area contributed by atoms with Gasteiger partial charge in [-0.15, -0.1) is 0 Å². The molecule has 0 spiro atoms. The average molecular weight is 334 g/mol. The Kier molecular flexibility index (Phi) is 3.95. The van der Waals surface area contributed by atoms with Crippen LogP contribution in [0.5, 0.6) is 0 Å². The predicted octanol–water partition coefficient (Wildman–Crippen LogP) is 1.40. The Morgan fingerprint density at radius 3 is 2.48 bits per heavy atom. The molecule has 1 aromatic rings. The first kappa shape index (κ1) is 16.1. The van der Waals surface area contributed by atoms with Gasteiger partial charge in [-0.1, -0.05) is 0 Å². The fourth-order valence-electron chi connectivity index (χ4n) is 2.13. The number of aromatic nitrogens is 3. The van der Waals surface area contributed by atoms with Crippen LogP contribution >= 0.6 is 0 Å². The van der Waals surface area contributed by atoms with Crippen LogP contribution < -0.4 is 0 Å². The zero-order valence-electron chi connectivity index (χ0n) is 10.4. The summed E-state index contributed by atoms with van der Waals surface area (Å²) in [5.41, 5.74) is 0. The van der Waals surface area contributed by atoms with Crippen LogP contribution in [0, 0.1) is 5.92 Å². The number of rotatable bonds is 3. The monoisotopic (exact) mass is 334 g/mol. The lowest BCUT2D eigenvalue weighted by Gasteiger charge is -2.36. The molecule has 1 aliphatic rings. The molecule has 0 radical (unpaired) electrons. The summed E-state index contributed by atoms with van der Waals surface area (Å²) in [5, 5.41) is 4.79. The minimum Gasteiger partial charge on any atom is -0.249 e. The summed E-state index contributed by atoms with van der Waals surface area (Å²) in [6.07, 6.45) is -5.31. The molecule has 0 saturated carbocycles. The molecule has 1 aromatic heterocycles. The van der Waals surface area contributed by atoms with Crippen molar-refractivity contribution in [1.82, 2.24) is 19.5 Å². The minimum atomic E-state index is -5.71. The van der Waals surface area contributed by atoms with E-state index < -0.39 is 46.2 Å². The first-order chi connectivity index (χ1) is 9.57. The summed E-state index contributed by atoms with van der Waals surface area (Å²) in [6, 6.07) is 0. The molecule has 12 heteroatoms. The number of alkyl halides is 5. The number of hydrogen-bond donors (Lipinski definition) is 1. The number of aromatic amines is 1. The number of sulfonamides is 1. The van der Waals surface area contributed by atoms with Crippen molar-refractivity contribution in [1.29, 1.82) is 0 Å². The van der Waals surface area contributed by atoms with E-state index in [-0.39, 0.29) is 13.0 Å². The Morgan fingerprint density at radius 2 is 1.95 bits per heavy atom. The summed E-state index contributed by atoms with van der Waals surface area (Å²) in [5.74, 6) is -7.06. The summed E-state index contributed by atoms with van der Waals surface area (Å²) >= 11 is 0. The third-order valence-corrected chi connectivity index (χ3v) is 4.95. The lowest BCUT2D eigenvalue weighted by atomic mass is 9.92. The second-order valence-corrected chi connectivity index (χ2v) is 6.47. The van der Waals surface area contributed by atoms with Gasteiger partial charge in [0, 0.05) is 19.0 Å². The molecule has 6 nitrogen and oxygen atoms in total. The number of nitrogens with zero attached hydrogens (tertiary/aromatic N) is 3. The Bertz CT molecular complexity index is 586. The first-order valence-corrected chi connectivity index (χ1v) is 7.31. The van der Waals surface area contributed by atoms with E-state index in [1.165, 1.54) is 0 Å². The van der Waals surface area contributed by atoms with E-state index in [1.54, 1.807) is 0 Å². The molecule has 1 unspecified atom stereocenters. The third kappa shape index (κ3) is 2.86. The van der Waals surface area contributed by atoms with Gasteiger partial charge in [-0.3, -0.25) is 0 Å². The second kappa shape index (κ2) is 5.16.